The third-order valence-corrected chi connectivity index (χ3v) is 4.44. The summed E-state index contributed by atoms with van der Waals surface area (Å²) in [5, 5.41) is 3.67. The lowest BCUT2D eigenvalue weighted by molar-refractivity contribution is -0.0844. The fourth-order valence-corrected chi connectivity index (χ4v) is 3.07. The summed E-state index contributed by atoms with van der Waals surface area (Å²) in [5.41, 5.74) is 0.0778. The summed E-state index contributed by atoms with van der Waals surface area (Å²) in [7, 11) is 1.86. The van der Waals surface area contributed by atoms with Crippen LogP contribution < -0.4 is 5.32 Å². The van der Waals surface area contributed by atoms with E-state index in [1.807, 2.05) is 13.3 Å². The van der Waals surface area contributed by atoms with Crippen molar-refractivity contribution >= 4 is 0 Å². The second-order valence-electron chi connectivity index (χ2n) is 5.93. The molecule has 0 bridgehead atoms. The zero-order valence-electron chi connectivity index (χ0n) is 13.2. The first-order chi connectivity index (χ1) is 9.74. The van der Waals surface area contributed by atoms with E-state index in [-0.39, 0.29) is 5.60 Å². The molecular weight excluding hydrogens is 250 g/mol. The molecule has 1 aliphatic rings. The van der Waals surface area contributed by atoms with Gasteiger partial charge in [0.1, 0.15) is 5.82 Å². The minimum absolute atomic E-state index is 0.0778. The van der Waals surface area contributed by atoms with Gasteiger partial charge in [0, 0.05) is 26.0 Å². The summed E-state index contributed by atoms with van der Waals surface area (Å²) >= 11 is 0. The number of imidazole rings is 1. The minimum Gasteiger partial charge on any atom is -0.378 e. The summed E-state index contributed by atoms with van der Waals surface area (Å²) in [5.74, 6) is 1.17. The van der Waals surface area contributed by atoms with Gasteiger partial charge in [-0.2, -0.15) is 0 Å². The van der Waals surface area contributed by atoms with E-state index in [0.29, 0.717) is 6.04 Å². The summed E-state index contributed by atoms with van der Waals surface area (Å²) in [4.78, 5) is 4.61. The Morgan fingerprint density at radius 2 is 2.20 bits per heavy atom. The standard InChI is InChI=1S/C16H29N3O/c1-4-9-17-14(13-16(20-3)7-6-8-16)15-18-10-12-19(15)11-5-2/h10,12,14,17H,4-9,11,13H2,1-3H3. The normalized spacial score (nSPS) is 18.8. The number of nitrogens with one attached hydrogen (secondary N) is 1. The average molecular weight is 279 g/mol. The van der Waals surface area contributed by atoms with Gasteiger partial charge in [0.2, 0.25) is 0 Å². The Balaban J connectivity index is 2.11. The average Bonchev–Trinajstić information content (AvgIpc) is 2.86. The lowest BCUT2D eigenvalue weighted by Gasteiger charge is -2.42. The van der Waals surface area contributed by atoms with Crippen LogP contribution in [0.2, 0.25) is 0 Å². The van der Waals surface area contributed by atoms with E-state index in [2.05, 4.69) is 34.9 Å². The number of aromatic nitrogens is 2. The van der Waals surface area contributed by atoms with Gasteiger partial charge in [0.25, 0.3) is 0 Å². The van der Waals surface area contributed by atoms with Crippen LogP contribution >= 0.6 is 0 Å². The van der Waals surface area contributed by atoms with Gasteiger partial charge in [-0.05, 0) is 45.1 Å². The summed E-state index contributed by atoms with van der Waals surface area (Å²) in [6.07, 6.45) is 11.0. The maximum Gasteiger partial charge on any atom is 0.125 e. The van der Waals surface area contributed by atoms with Crippen LogP contribution in [0.3, 0.4) is 0 Å². The first-order valence-electron chi connectivity index (χ1n) is 8.04. The highest BCUT2D eigenvalue weighted by Crippen LogP contribution is 2.41. The molecule has 1 saturated carbocycles. The first kappa shape index (κ1) is 15.5. The molecule has 1 aromatic heterocycles. The van der Waals surface area contributed by atoms with E-state index in [1.54, 1.807) is 0 Å². The van der Waals surface area contributed by atoms with Crippen molar-refractivity contribution in [3.63, 3.8) is 0 Å². The molecule has 2 rings (SSSR count). The van der Waals surface area contributed by atoms with Crippen LogP contribution in [0.15, 0.2) is 12.4 Å². The van der Waals surface area contributed by atoms with Gasteiger partial charge in [-0.25, -0.2) is 4.98 Å². The molecule has 20 heavy (non-hydrogen) atoms. The molecule has 4 heteroatoms. The Morgan fingerprint density at radius 1 is 1.40 bits per heavy atom. The number of ether oxygens (including phenoxy) is 1. The van der Waals surface area contributed by atoms with Crippen molar-refractivity contribution in [2.45, 2.75) is 70.6 Å². The van der Waals surface area contributed by atoms with Crippen LogP contribution in [-0.4, -0.2) is 28.8 Å². The van der Waals surface area contributed by atoms with E-state index >= 15 is 0 Å². The van der Waals surface area contributed by atoms with Crippen molar-refractivity contribution in [3.05, 3.63) is 18.2 Å². The summed E-state index contributed by atoms with van der Waals surface area (Å²) < 4.78 is 8.09. The molecule has 1 fully saturated rings. The van der Waals surface area contributed by atoms with Crippen LogP contribution in [0.5, 0.6) is 0 Å². The van der Waals surface area contributed by atoms with Crippen LogP contribution in [0.25, 0.3) is 0 Å². The largest absolute Gasteiger partial charge is 0.378 e. The molecule has 0 aromatic carbocycles. The van der Waals surface area contributed by atoms with Crippen molar-refractivity contribution in [1.29, 1.82) is 0 Å². The minimum atomic E-state index is 0.0778. The Morgan fingerprint density at radius 3 is 2.75 bits per heavy atom. The predicted molar refractivity (Wildman–Crippen MR) is 81.8 cm³/mol. The van der Waals surface area contributed by atoms with E-state index < -0.39 is 0 Å². The van der Waals surface area contributed by atoms with E-state index in [0.717, 1.165) is 32.4 Å². The zero-order chi connectivity index (χ0) is 14.4. The lowest BCUT2D eigenvalue weighted by atomic mass is 9.75. The molecule has 4 nitrogen and oxygen atoms in total. The second kappa shape index (κ2) is 7.23. The molecule has 1 aliphatic carbocycles. The van der Waals surface area contributed by atoms with Gasteiger partial charge in [0.15, 0.2) is 0 Å². The Hall–Kier alpha value is -0.870. The molecular formula is C16H29N3O. The number of methoxy groups -OCH3 is 1. The molecule has 0 aliphatic heterocycles. The lowest BCUT2D eigenvalue weighted by Crippen LogP contribution is -2.43. The maximum atomic E-state index is 5.81. The number of hydrogen-bond acceptors (Lipinski definition) is 3. The monoisotopic (exact) mass is 279 g/mol. The van der Waals surface area contributed by atoms with Crippen molar-refractivity contribution < 1.29 is 4.74 Å². The molecule has 0 amide bonds. The molecule has 0 saturated heterocycles. The van der Waals surface area contributed by atoms with Gasteiger partial charge in [-0.1, -0.05) is 13.8 Å². The summed E-state index contributed by atoms with van der Waals surface area (Å²) in [6, 6.07) is 0.303. The van der Waals surface area contributed by atoms with Gasteiger partial charge in [-0.3, -0.25) is 0 Å². The third-order valence-electron chi connectivity index (χ3n) is 4.44. The van der Waals surface area contributed by atoms with Gasteiger partial charge >= 0.3 is 0 Å². The second-order valence-corrected chi connectivity index (χ2v) is 5.93. The van der Waals surface area contributed by atoms with Crippen LogP contribution in [0, 0.1) is 0 Å². The molecule has 0 spiro atoms. The molecule has 1 aromatic rings. The topological polar surface area (TPSA) is 39.1 Å². The van der Waals surface area contributed by atoms with Crippen molar-refractivity contribution in [3.8, 4) is 0 Å². The van der Waals surface area contributed by atoms with Crippen molar-refractivity contribution in [2.24, 2.45) is 0 Å². The quantitative estimate of drug-likeness (QED) is 0.754. The first-order valence-corrected chi connectivity index (χ1v) is 8.04. The van der Waals surface area contributed by atoms with Gasteiger partial charge in [0.05, 0.1) is 11.6 Å². The smallest absolute Gasteiger partial charge is 0.125 e. The molecule has 0 radical (unpaired) electrons. The van der Waals surface area contributed by atoms with Crippen LogP contribution in [0.4, 0.5) is 0 Å². The fourth-order valence-electron chi connectivity index (χ4n) is 3.07. The van der Waals surface area contributed by atoms with Crippen LogP contribution in [0.1, 0.15) is 64.2 Å². The Kier molecular flexibility index (Phi) is 5.61. The van der Waals surface area contributed by atoms with Gasteiger partial charge in [-0.15, -0.1) is 0 Å². The predicted octanol–water partition coefficient (Wildman–Crippen LogP) is 3.29. The molecule has 1 heterocycles. The molecule has 1 atom stereocenters. The summed E-state index contributed by atoms with van der Waals surface area (Å²) in [6.45, 7) is 6.49. The number of nitrogens with zero attached hydrogens (tertiary/aromatic N) is 2. The molecule has 114 valence electrons. The highest BCUT2D eigenvalue weighted by atomic mass is 16.5. The molecule has 1 N–H and O–H groups in total. The number of aryl methyl sites for hydroxylation is 1. The highest BCUT2D eigenvalue weighted by molar-refractivity contribution is 5.04. The molecule has 1 unspecified atom stereocenters. The maximum absolute atomic E-state index is 5.81. The number of rotatable bonds is 9. The van der Waals surface area contributed by atoms with E-state index in [4.69, 9.17) is 4.74 Å². The van der Waals surface area contributed by atoms with E-state index in [9.17, 15) is 0 Å². The third kappa shape index (κ3) is 3.41. The van der Waals surface area contributed by atoms with Gasteiger partial charge < -0.3 is 14.6 Å². The SMILES string of the molecule is CCCNC(CC1(OC)CCC1)c1nccn1CCC. The Bertz CT molecular complexity index is 393. The zero-order valence-corrected chi connectivity index (χ0v) is 13.2. The van der Waals surface area contributed by atoms with E-state index in [1.165, 1.54) is 25.1 Å². The Labute approximate surface area is 122 Å². The van der Waals surface area contributed by atoms with Crippen molar-refractivity contribution in [1.82, 2.24) is 14.9 Å². The fraction of sp³-hybridized carbons (Fsp3) is 0.812. The van der Waals surface area contributed by atoms with Crippen molar-refractivity contribution in [2.75, 3.05) is 13.7 Å². The van der Waals surface area contributed by atoms with Crippen LogP contribution in [-0.2, 0) is 11.3 Å². The highest BCUT2D eigenvalue weighted by Gasteiger charge is 2.40. The number of hydrogen-bond donors (Lipinski definition) is 1.